The average molecular weight is 448 g/mol. The average Bonchev–Trinajstić information content (AvgIpc) is 3.20. The van der Waals surface area contributed by atoms with Crippen LogP contribution in [0.4, 0.5) is 0 Å². The molecule has 1 amide bonds. The number of hydrogen-bond acceptors (Lipinski definition) is 5. The maximum absolute atomic E-state index is 13.0. The Morgan fingerprint density at radius 1 is 1.00 bits per heavy atom. The standard InChI is InChI=1S/C26H33N5O2/c32-25(27-20-26(12-5-1-2-6-13-26)30-14-16-33-17-15-30)24-19-31(29-28-24)18-22-10-7-9-21-8-3-4-11-23(21)22/h3-4,7-11,19H,1-2,5-6,12-18,20H2,(H,27,32). The summed E-state index contributed by atoms with van der Waals surface area (Å²) in [7, 11) is 0. The van der Waals surface area contributed by atoms with Crippen molar-refractivity contribution in [3.05, 3.63) is 59.9 Å². The first-order chi connectivity index (χ1) is 16.2. The van der Waals surface area contributed by atoms with Gasteiger partial charge in [-0.2, -0.15) is 0 Å². The van der Waals surface area contributed by atoms with Gasteiger partial charge in [0.1, 0.15) is 0 Å². The van der Waals surface area contributed by atoms with Crippen LogP contribution in [0.2, 0.25) is 0 Å². The molecular formula is C26H33N5O2. The van der Waals surface area contributed by atoms with Crippen LogP contribution in [-0.4, -0.2) is 64.2 Å². The molecule has 0 unspecified atom stereocenters. The summed E-state index contributed by atoms with van der Waals surface area (Å²) in [5, 5.41) is 14.0. The molecule has 2 aromatic carbocycles. The van der Waals surface area contributed by atoms with E-state index in [-0.39, 0.29) is 11.4 Å². The summed E-state index contributed by atoms with van der Waals surface area (Å²) in [5.74, 6) is -0.143. The number of nitrogens with one attached hydrogen (secondary N) is 1. The summed E-state index contributed by atoms with van der Waals surface area (Å²) in [5.41, 5.74) is 1.56. The molecule has 0 bridgehead atoms. The molecule has 2 heterocycles. The quantitative estimate of drug-likeness (QED) is 0.584. The van der Waals surface area contributed by atoms with Crippen molar-refractivity contribution in [2.45, 2.75) is 50.6 Å². The molecule has 1 N–H and O–H groups in total. The van der Waals surface area contributed by atoms with Crippen molar-refractivity contribution in [2.75, 3.05) is 32.8 Å². The normalized spacial score (nSPS) is 19.3. The first-order valence-electron chi connectivity index (χ1n) is 12.2. The van der Waals surface area contributed by atoms with Gasteiger partial charge in [0.2, 0.25) is 0 Å². The van der Waals surface area contributed by atoms with Crippen LogP contribution in [0.25, 0.3) is 10.8 Å². The van der Waals surface area contributed by atoms with Crippen LogP contribution in [0.1, 0.15) is 54.6 Å². The molecule has 0 spiro atoms. The molecule has 3 aromatic rings. The summed E-state index contributed by atoms with van der Waals surface area (Å²) in [4.78, 5) is 15.6. The zero-order valence-electron chi connectivity index (χ0n) is 19.2. The Morgan fingerprint density at radius 2 is 1.76 bits per heavy atom. The smallest absolute Gasteiger partial charge is 0.273 e. The van der Waals surface area contributed by atoms with Crippen molar-refractivity contribution in [3.8, 4) is 0 Å². The van der Waals surface area contributed by atoms with Crippen LogP contribution in [0, 0.1) is 0 Å². The van der Waals surface area contributed by atoms with Crippen LogP contribution in [-0.2, 0) is 11.3 Å². The van der Waals surface area contributed by atoms with Crippen molar-refractivity contribution in [1.82, 2.24) is 25.2 Å². The van der Waals surface area contributed by atoms with E-state index in [0.717, 1.165) is 44.7 Å². The lowest BCUT2D eigenvalue weighted by Crippen LogP contribution is -2.58. The minimum absolute atomic E-state index is 0.0227. The lowest BCUT2D eigenvalue weighted by atomic mass is 9.87. The molecule has 1 saturated heterocycles. The molecule has 5 rings (SSSR count). The van der Waals surface area contributed by atoms with Crippen molar-refractivity contribution >= 4 is 16.7 Å². The second kappa shape index (κ2) is 10.0. The third-order valence-corrected chi connectivity index (χ3v) is 7.28. The van der Waals surface area contributed by atoms with Crippen molar-refractivity contribution in [3.63, 3.8) is 0 Å². The number of benzene rings is 2. The first-order valence-corrected chi connectivity index (χ1v) is 12.2. The van der Waals surface area contributed by atoms with Gasteiger partial charge in [-0.05, 0) is 29.2 Å². The minimum Gasteiger partial charge on any atom is -0.379 e. The van der Waals surface area contributed by atoms with E-state index in [4.69, 9.17) is 4.74 Å². The van der Waals surface area contributed by atoms with Gasteiger partial charge in [-0.1, -0.05) is 73.4 Å². The molecule has 7 nitrogen and oxygen atoms in total. The van der Waals surface area contributed by atoms with Crippen LogP contribution in [0.3, 0.4) is 0 Å². The topological polar surface area (TPSA) is 72.3 Å². The molecule has 1 aromatic heterocycles. The summed E-state index contributed by atoms with van der Waals surface area (Å²) in [6, 6.07) is 14.6. The monoisotopic (exact) mass is 447 g/mol. The van der Waals surface area contributed by atoms with Crippen molar-refractivity contribution in [2.24, 2.45) is 0 Å². The van der Waals surface area contributed by atoms with E-state index in [1.807, 2.05) is 12.1 Å². The second-order valence-electron chi connectivity index (χ2n) is 9.36. The van der Waals surface area contributed by atoms with Crippen LogP contribution in [0.15, 0.2) is 48.7 Å². The van der Waals surface area contributed by atoms with Crippen LogP contribution < -0.4 is 5.32 Å². The maximum atomic E-state index is 13.0. The van der Waals surface area contributed by atoms with Gasteiger partial charge in [0, 0.05) is 25.2 Å². The zero-order chi connectivity index (χ0) is 22.5. The van der Waals surface area contributed by atoms with E-state index >= 15 is 0 Å². The summed E-state index contributed by atoms with van der Waals surface area (Å²) in [6.45, 7) is 4.67. The highest BCUT2D eigenvalue weighted by Crippen LogP contribution is 2.33. The Kier molecular flexibility index (Phi) is 6.69. The minimum atomic E-state index is -0.143. The third kappa shape index (κ3) is 4.94. The largest absolute Gasteiger partial charge is 0.379 e. The Balaban J connectivity index is 1.27. The molecule has 33 heavy (non-hydrogen) atoms. The zero-order valence-corrected chi connectivity index (χ0v) is 19.2. The van der Waals surface area contributed by atoms with Crippen molar-refractivity contribution in [1.29, 1.82) is 0 Å². The number of hydrogen-bond donors (Lipinski definition) is 1. The van der Waals surface area contributed by atoms with E-state index in [2.05, 4.69) is 50.9 Å². The molecule has 1 aliphatic heterocycles. The molecular weight excluding hydrogens is 414 g/mol. The predicted molar refractivity (Wildman–Crippen MR) is 128 cm³/mol. The highest BCUT2D eigenvalue weighted by atomic mass is 16.5. The summed E-state index contributed by atoms with van der Waals surface area (Å²) in [6.07, 6.45) is 9.00. The van der Waals surface area contributed by atoms with Gasteiger partial charge in [-0.15, -0.1) is 5.10 Å². The molecule has 2 fully saturated rings. The molecule has 1 saturated carbocycles. The van der Waals surface area contributed by atoms with Crippen molar-refractivity contribution < 1.29 is 9.53 Å². The fourth-order valence-electron chi connectivity index (χ4n) is 5.45. The Hall–Kier alpha value is -2.77. The number of fused-ring (bicyclic) bond motifs is 1. The van der Waals surface area contributed by atoms with E-state index in [9.17, 15) is 4.79 Å². The molecule has 7 heteroatoms. The second-order valence-corrected chi connectivity index (χ2v) is 9.36. The van der Waals surface area contributed by atoms with Gasteiger partial charge in [-0.25, -0.2) is 4.68 Å². The Bertz CT molecular complexity index is 1080. The fraction of sp³-hybridized carbons (Fsp3) is 0.500. The van der Waals surface area contributed by atoms with Gasteiger partial charge in [-0.3, -0.25) is 9.69 Å². The third-order valence-electron chi connectivity index (χ3n) is 7.28. The highest BCUT2D eigenvalue weighted by molar-refractivity contribution is 5.92. The van der Waals surface area contributed by atoms with Gasteiger partial charge >= 0.3 is 0 Å². The number of nitrogens with zero attached hydrogens (tertiary/aromatic N) is 4. The van der Waals surface area contributed by atoms with E-state index < -0.39 is 0 Å². The molecule has 0 radical (unpaired) electrons. The number of amides is 1. The van der Waals surface area contributed by atoms with Gasteiger partial charge in [0.05, 0.1) is 26.0 Å². The van der Waals surface area contributed by atoms with E-state index in [0.29, 0.717) is 18.8 Å². The van der Waals surface area contributed by atoms with Gasteiger partial charge in [0.25, 0.3) is 5.91 Å². The number of ether oxygens (including phenoxy) is 1. The SMILES string of the molecule is O=C(NCC1(N2CCOCC2)CCCCCC1)c1cn(Cc2cccc3ccccc23)nn1. The fourth-order valence-corrected chi connectivity index (χ4v) is 5.45. The van der Waals surface area contributed by atoms with Gasteiger partial charge in [0.15, 0.2) is 5.69 Å². The molecule has 0 atom stereocenters. The summed E-state index contributed by atoms with van der Waals surface area (Å²) < 4.78 is 7.34. The van der Waals surface area contributed by atoms with Gasteiger partial charge < -0.3 is 10.1 Å². The predicted octanol–water partition coefficient (Wildman–Crippen LogP) is 3.63. The number of carbonyl (C=O) groups is 1. The van der Waals surface area contributed by atoms with Crippen LogP contribution >= 0.6 is 0 Å². The summed E-state index contributed by atoms with van der Waals surface area (Å²) >= 11 is 0. The molecule has 174 valence electrons. The molecule has 1 aliphatic carbocycles. The number of carbonyl (C=O) groups excluding carboxylic acids is 1. The highest BCUT2D eigenvalue weighted by Gasteiger charge is 2.38. The number of rotatable bonds is 6. The van der Waals surface area contributed by atoms with E-state index in [1.54, 1.807) is 10.9 Å². The number of morpholine rings is 1. The lowest BCUT2D eigenvalue weighted by Gasteiger charge is -2.45. The number of aromatic nitrogens is 3. The first kappa shape index (κ1) is 22.0. The van der Waals surface area contributed by atoms with Crippen LogP contribution in [0.5, 0.6) is 0 Å². The lowest BCUT2D eigenvalue weighted by molar-refractivity contribution is -0.0281. The maximum Gasteiger partial charge on any atom is 0.273 e. The Morgan fingerprint density at radius 3 is 2.58 bits per heavy atom. The molecule has 2 aliphatic rings. The Labute approximate surface area is 195 Å². The van der Waals surface area contributed by atoms with E-state index in [1.165, 1.54) is 36.5 Å².